The molecule has 0 saturated carbocycles. The summed E-state index contributed by atoms with van der Waals surface area (Å²) >= 11 is 1.49. The second kappa shape index (κ2) is 8.58. The maximum absolute atomic E-state index is 9.89. The van der Waals surface area contributed by atoms with Gasteiger partial charge in [-0.25, -0.2) is 0 Å². The van der Waals surface area contributed by atoms with Gasteiger partial charge in [-0.15, -0.1) is 16.4 Å². The van der Waals surface area contributed by atoms with Crippen molar-refractivity contribution in [2.45, 2.75) is 0 Å². The van der Waals surface area contributed by atoms with Crippen molar-refractivity contribution in [1.82, 2.24) is 4.57 Å². The molecule has 4 aromatic rings. The summed E-state index contributed by atoms with van der Waals surface area (Å²) in [5, 5.41) is 20.7. The lowest BCUT2D eigenvalue weighted by Crippen LogP contribution is -2.13. The third kappa shape index (κ3) is 4.12. The fourth-order valence-corrected chi connectivity index (χ4v) is 3.85. The van der Waals surface area contributed by atoms with Gasteiger partial charge in [-0.3, -0.25) is 4.57 Å². The molecule has 29 heavy (non-hydrogen) atoms. The molecule has 3 aromatic carbocycles. The fraction of sp³-hybridized carbons (Fsp3) is 0.0435. The number of thiazole rings is 1. The maximum atomic E-state index is 9.89. The van der Waals surface area contributed by atoms with Crippen LogP contribution in [0.3, 0.4) is 0 Å². The summed E-state index contributed by atoms with van der Waals surface area (Å²) < 4.78 is 7.38. The third-order valence-electron chi connectivity index (χ3n) is 4.34. The van der Waals surface area contributed by atoms with Gasteiger partial charge in [0, 0.05) is 22.2 Å². The van der Waals surface area contributed by atoms with Gasteiger partial charge in [0.2, 0.25) is 4.80 Å². The van der Waals surface area contributed by atoms with E-state index in [4.69, 9.17) is 4.74 Å². The van der Waals surface area contributed by atoms with Crippen LogP contribution in [0.1, 0.15) is 5.56 Å². The van der Waals surface area contributed by atoms with E-state index in [1.807, 2.05) is 76.7 Å². The van der Waals surface area contributed by atoms with Gasteiger partial charge < -0.3 is 9.84 Å². The minimum Gasteiger partial charge on any atom is -0.508 e. The Hall–Kier alpha value is -3.64. The van der Waals surface area contributed by atoms with Crippen LogP contribution < -0.4 is 9.54 Å². The molecule has 0 spiro atoms. The highest BCUT2D eigenvalue weighted by Gasteiger charge is 2.10. The van der Waals surface area contributed by atoms with Crippen molar-refractivity contribution >= 4 is 17.6 Å². The highest BCUT2D eigenvalue weighted by molar-refractivity contribution is 7.07. The predicted octanol–water partition coefficient (Wildman–Crippen LogP) is 4.85. The molecule has 144 valence electrons. The molecule has 0 unspecified atom stereocenters. The lowest BCUT2D eigenvalue weighted by atomic mass is 10.1. The van der Waals surface area contributed by atoms with Crippen LogP contribution in [-0.4, -0.2) is 23.0 Å². The number of rotatable bonds is 5. The zero-order chi connectivity index (χ0) is 20.1. The second-order valence-electron chi connectivity index (χ2n) is 6.21. The number of nitrogens with zero attached hydrogens (tertiary/aromatic N) is 3. The Morgan fingerprint density at radius 3 is 2.55 bits per heavy atom. The van der Waals surface area contributed by atoms with E-state index in [2.05, 4.69) is 10.2 Å². The molecule has 0 atom stereocenters. The van der Waals surface area contributed by atoms with E-state index in [0.29, 0.717) is 0 Å². The van der Waals surface area contributed by atoms with E-state index < -0.39 is 0 Å². The number of phenols is 1. The second-order valence-corrected chi connectivity index (χ2v) is 7.05. The number of ether oxygens (including phenoxy) is 1. The molecule has 4 rings (SSSR count). The molecule has 0 aliphatic carbocycles. The van der Waals surface area contributed by atoms with Crippen molar-refractivity contribution in [3.05, 3.63) is 94.6 Å². The quantitative estimate of drug-likeness (QED) is 0.384. The van der Waals surface area contributed by atoms with Crippen LogP contribution in [0.25, 0.3) is 16.9 Å². The summed E-state index contributed by atoms with van der Waals surface area (Å²) in [6.45, 7) is 0. The summed E-state index contributed by atoms with van der Waals surface area (Å²) in [6, 6.07) is 24.8. The van der Waals surface area contributed by atoms with E-state index in [9.17, 15) is 5.11 Å². The molecule has 1 heterocycles. The number of aromatic nitrogens is 1. The van der Waals surface area contributed by atoms with Crippen molar-refractivity contribution < 1.29 is 9.84 Å². The Labute approximate surface area is 172 Å². The molecule has 0 radical (unpaired) electrons. The summed E-state index contributed by atoms with van der Waals surface area (Å²) in [5.41, 5.74) is 3.66. The van der Waals surface area contributed by atoms with Crippen LogP contribution in [0, 0.1) is 0 Å². The zero-order valence-electron chi connectivity index (χ0n) is 15.8. The molecule has 1 aromatic heterocycles. The normalized spacial score (nSPS) is 11.8. The van der Waals surface area contributed by atoms with Crippen LogP contribution in [0.15, 0.2) is 94.4 Å². The van der Waals surface area contributed by atoms with Gasteiger partial charge in [-0.2, -0.15) is 5.10 Å². The van der Waals surface area contributed by atoms with Gasteiger partial charge in [0.1, 0.15) is 11.5 Å². The number of phenolic OH excluding ortho intramolecular Hbond substituents is 1. The van der Waals surface area contributed by atoms with Crippen LogP contribution in [0.5, 0.6) is 11.5 Å². The summed E-state index contributed by atoms with van der Waals surface area (Å²) in [5.74, 6) is 0.968. The third-order valence-corrected chi connectivity index (χ3v) is 5.16. The van der Waals surface area contributed by atoms with Gasteiger partial charge in [0.25, 0.3) is 0 Å². The Kier molecular flexibility index (Phi) is 5.54. The number of benzene rings is 3. The molecule has 6 heteroatoms. The fourth-order valence-electron chi connectivity index (χ4n) is 2.99. The minimum atomic E-state index is 0.223. The number of hydrogen-bond acceptors (Lipinski definition) is 5. The van der Waals surface area contributed by atoms with Gasteiger partial charge >= 0.3 is 0 Å². The van der Waals surface area contributed by atoms with Crippen LogP contribution in [0.2, 0.25) is 0 Å². The van der Waals surface area contributed by atoms with Crippen molar-refractivity contribution in [3.8, 4) is 28.4 Å². The van der Waals surface area contributed by atoms with Crippen molar-refractivity contribution in [3.63, 3.8) is 0 Å². The highest BCUT2D eigenvalue weighted by Crippen LogP contribution is 2.26. The van der Waals surface area contributed by atoms with Gasteiger partial charge in [0.15, 0.2) is 0 Å². The van der Waals surface area contributed by atoms with Gasteiger partial charge in [-0.1, -0.05) is 42.5 Å². The van der Waals surface area contributed by atoms with Crippen LogP contribution in [0.4, 0.5) is 0 Å². The lowest BCUT2D eigenvalue weighted by Gasteiger charge is -2.09. The number of aromatic hydroxyl groups is 1. The summed E-state index contributed by atoms with van der Waals surface area (Å²) in [7, 11) is 1.63. The summed E-state index contributed by atoms with van der Waals surface area (Å²) in [4.78, 5) is 0.723. The monoisotopic (exact) mass is 401 g/mol. The Morgan fingerprint density at radius 1 is 0.966 bits per heavy atom. The molecule has 0 aliphatic rings. The van der Waals surface area contributed by atoms with Crippen molar-refractivity contribution in [1.29, 1.82) is 0 Å². The zero-order valence-corrected chi connectivity index (χ0v) is 16.6. The molecule has 1 N–H and O–H groups in total. The number of para-hydroxylation sites is 2. The number of hydrogen-bond donors (Lipinski definition) is 1. The SMILES string of the molecule is COc1ccccc1/C=N\N=c1/scc(-c2cccc(O)c2)n1-c1ccccc1. The van der Waals surface area contributed by atoms with E-state index in [0.717, 1.165) is 33.1 Å². The molecule has 0 amide bonds. The van der Waals surface area contributed by atoms with Crippen LogP contribution in [-0.2, 0) is 0 Å². The molecular weight excluding hydrogens is 382 g/mol. The predicted molar refractivity (Wildman–Crippen MR) is 117 cm³/mol. The Morgan fingerprint density at radius 2 is 1.76 bits per heavy atom. The molecule has 5 nitrogen and oxygen atoms in total. The topological polar surface area (TPSA) is 59.1 Å². The molecular formula is C23H19N3O2S. The first-order valence-electron chi connectivity index (χ1n) is 9.02. The van der Waals surface area contributed by atoms with Crippen molar-refractivity contribution in [2.24, 2.45) is 10.2 Å². The first kappa shape index (κ1) is 18.7. The lowest BCUT2D eigenvalue weighted by molar-refractivity contribution is 0.414. The molecule has 0 saturated heterocycles. The van der Waals surface area contributed by atoms with E-state index in [1.54, 1.807) is 25.5 Å². The Bertz CT molecular complexity index is 1210. The van der Waals surface area contributed by atoms with E-state index >= 15 is 0 Å². The molecule has 0 aliphatic heterocycles. The van der Waals surface area contributed by atoms with E-state index in [-0.39, 0.29) is 5.75 Å². The highest BCUT2D eigenvalue weighted by atomic mass is 32.1. The van der Waals surface area contributed by atoms with Crippen LogP contribution >= 0.6 is 11.3 Å². The van der Waals surface area contributed by atoms with Crippen molar-refractivity contribution in [2.75, 3.05) is 7.11 Å². The largest absolute Gasteiger partial charge is 0.508 e. The average molecular weight is 401 g/mol. The summed E-state index contributed by atoms with van der Waals surface area (Å²) in [6.07, 6.45) is 1.68. The van der Waals surface area contributed by atoms with Gasteiger partial charge in [-0.05, 0) is 36.4 Å². The smallest absolute Gasteiger partial charge is 0.215 e. The molecule has 0 bridgehead atoms. The maximum Gasteiger partial charge on any atom is 0.215 e. The van der Waals surface area contributed by atoms with Gasteiger partial charge in [0.05, 0.1) is 19.0 Å². The molecule has 0 fully saturated rings. The standard InChI is InChI=1S/C23H19N3O2S/c1-28-22-13-6-5-8-18(22)15-24-25-23-26(19-10-3-2-4-11-19)21(16-29-23)17-9-7-12-20(27)14-17/h2-16,27H,1H3/b24-15-,25-23-. The number of methoxy groups -OCH3 is 1. The van der Waals surface area contributed by atoms with E-state index in [1.165, 1.54) is 11.3 Å². The first-order chi connectivity index (χ1) is 14.3. The Balaban J connectivity index is 1.82. The first-order valence-corrected chi connectivity index (χ1v) is 9.89. The minimum absolute atomic E-state index is 0.223. The average Bonchev–Trinajstić information content (AvgIpc) is 3.18.